The van der Waals surface area contributed by atoms with Crippen LogP contribution in [-0.4, -0.2) is 29.9 Å². The fourth-order valence-corrected chi connectivity index (χ4v) is 1.42. The fourth-order valence-electron chi connectivity index (χ4n) is 1.42. The highest BCUT2D eigenvalue weighted by atomic mass is 15.1. The highest BCUT2D eigenvalue weighted by molar-refractivity contribution is 5.68. The van der Waals surface area contributed by atoms with Crippen LogP contribution >= 0.6 is 0 Å². The van der Waals surface area contributed by atoms with E-state index in [0.717, 1.165) is 0 Å². The lowest BCUT2D eigenvalue weighted by Gasteiger charge is -1.92. The van der Waals surface area contributed by atoms with Gasteiger partial charge in [0.15, 0.2) is 17.1 Å². The fraction of sp³-hybridized carbons (Fsp3) is 0. The van der Waals surface area contributed by atoms with Gasteiger partial charge in [0.1, 0.15) is 17.3 Å². The van der Waals surface area contributed by atoms with Gasteiger partial charge in [0.2, 0.25) is 5.62 Å². The highest BCUT2D eigenvalue weighted by Crippen LogP contribution is 2.15. The summed E-state index contributed by atoms with van der Waals surface area (Å²) < 4.78 is 0. The summed E-state index contributed by atoms with van der Waals surface area (Å²) in [5.74, 6) is 0.225. The monoisotopic (exact) mass is 224 g/mol. The van der Waals surface area contributed by atoms with Crippen LogP contribution in [0.1, 0.15) is 5.56 Å². The molecular formula is C9H4N8. The zero-order chi connectivity index (χ0) is 11.8. The maximum atomic E-state index is 8.99. The zero-order valence-corrected chi connectivity index (χ0v) is 8.34. The number of fused-ring (bicyclic) bond motifs is 2. The molecule has 0 atom stereocenters. The summed E-state index contributed by atoms with van der Waals surface area (Å²) >= 11 is 0. The van der Waals surface area contributed by atoms with Gasteiger partial charge in [-0.15, -0.1) is 0 Å². The molecule has 0 fully saturated rings. The van der Waals surface area contributed by atoms with Crippen molar-refractivity contribution in [3.05, 3.63) is 23.7 Å². The Morgan fingerprint density at radius 1 is 1.24 bits per heavy atom. The third kappa shape index (κ3) is 1.37. The van der Waals surface area contributed by atoms with E-state index in [2.05, 4.69) is 29.9 Å². The Bertz CT molecular complexity index is 783. The summed E-state index contributed by atoms with van der Waals surface area (Å²) in [5.41, 5.74) is 1.10. The minimum atomic E-state index is -0.178. The van der Waals surface area contributed by atoms with Crippen LogP contribution in [0.4, 0.5) is 0 Å². The lowest BCUT2D eigenvalue weighted by molar-refractivity contribution is 1.04. The van der Waals surface area contributed by atoms with Crippen LogP contribution < -0.4 is 5.62 Å². The second-order valence-electron chi connectivity index (χ2n) is 3.19. The molecule has 0 aliphatic carbocycles. The van der Waals surface area contributed by atoms with Crippen LogP contribution in [0.3, 0.4) is 0 Å². The van der Waals surface area contributed by atoms with Gasteiger partial charge >= 0.3 is 0 Å². The number of nitriles is 1. The van der Waals surface area contributed by atoms with Crippen LogP contribution in [0.15, 0.2) is 12.5 Å². The van der Waals surface area contributed by atoms with Crippen molar-refractivity contribution >= 4 is 11.3 Å². The molecule has 80 valence electrons. The molecule has 0 aromatic carbocycles. The SMILES string of the molecule is N#Cc1cnc2nc[nH]c2nc2nc(=N)nc1-2. The highest BCUT2D eigenvalue weighted by Gasteiger charge is 2.13. The van der Waals surface area contributed by atoms with Gasteiger partial charge in [-0.3, -0.25) is 5.41 Å². The van der Waals surface area contributed by atoms with Crippen LogP contribution in [0.5, 0.6) is 0 Å². The van der Waals surface area contributed by atoms with Crippen molar-refractivity contribution in [1.82, 2.24) is 29.9 Å². The van der Waals surface area contributed by atoms with E-state index < -0.39 is 0 Å². The van der Waals surface area contributed by atoms with Gasteiger partial charge in [0.05, 0.1) is 6.33 Å². The van der Waals surface area contributed by atoms with Crippen molar-refractivity contribution in [1.29, 1.82) is 10.7 Å². The predicted octanol–water partition coefficient (Wildman–Crippen LogP) is -0.401. The second-order valence-corrected chi connectivity index (χ2v) is 3.19. The Morgan fingerprint density at radius 3 is 2.94 bits per heavy atom. The van der Waals surface area contributed by atoms with Gasteiger partial charge in [0, 0.05) is 6.20 Å². The molecule has 0 amide bonds. The quantitative estimate of drug-likeness (QED) is 0.534. The molecule has 3 heterocycles. The van der Waals surface area contributed by atoms with Crippen LogP contribution in [0.25, 0.3) is 22.8 Å². The number of nitrogens with zero attached hydrogens (tertiary/aromatic N) is 6. The van der Waals surface area contributed by atoms with Crippen molar-refractivity contribution in [3.8, 4) is 17.6 Å². The van der Waals surface area contributed by atoms with Crippen molar-refractivity contribution < 1.29 is 0 Å². The maximum absolute atomic E-state index is 8.99. The van der Waals surface area contributed by atoms with Crippen LogP contribution in [-0.2, 0) is 0 Å². The van der Waals surface area contributed by atoms with Gasteiger partial charge in [-0.25, -0.2) is 19.9 Å². The molecule has 0 radical (unpaired) electrons. The van der Waals surface area contributed by atoms with Gasteiger partial charge in [-0.05, 0) is 0 Å². The largest absolute Gasteiger partial charge is 0.328 e. The standard InChI is InChI=1S/C9H4N8/c10-1-4-2-12-7-8(14-3-13-7)16-6-5(4)15-9(11)17-6/h2-3H,(H2,11,12,13,14,15,16,17). The summed E-state index contributed by atoms with van der Waals surface area (Å²) in [6.07, 6.45) is 2.79. The summed E-state index contributed by atoms with van der Waals surface area (Å²) in [6, 6.07) is 1.95. The number of hydrogen-bond acceptors (Lipinski definition) is 7. The third-order valence-corrected chi connectivity index (χ3v) is 2.15. The zero-order valence-electron chi connectivity index (χ0n) is 8.34. The van der Waals surface area contributed by atoms with Crippen LogP contribution in [0.2, 0.25) is 0 Å². The number of hydrogen-bond donors (Lipinski definition) is 2. The third-order valence-electron chi connectivity index (χ3n) is 2.15. The minimum Gasteiger partial charge on any atom is -0.328 e. The lowest BCUT2D eigenvalue weighted by atomic mass is 10.2. The Morgan fingerprint density at radius 2 is 2.12 bits per heavy atom. The number of rotatable bonds is 0. The summed E-state index contributed by atoms with van der Waals surface area (Å²) in [7, 11) is 0. The summed E-state index contributed by atoms with van der Waals surface area (Å²) in [5, 5.41) is 16.4. The van der Waals surface area contributed by atoms with Crippen molar-refractivity contribution in [2.45, 2.75) is 0 Å². The minimum absolute atomic E-state index is 0.178. The average Bonchev–Trinajstić information content (AvgIpc) is 2.86. The van der Waals surface area contributed by atoms with E-state index in [-0.39, 0.29) is 22.7 Å². The molecule has 1 aromatic rings. The van der Waals surface area contributed by atoms with E-state index in [9.17, 15) is 0 Å². The predicted molar refractivity (Wildman–Crippen MR) is 54.5 cm³/mol. The van der Waals surface area contributed by atoms with Gasteiger partial charge in [-0.1, -0.05) is 0 Å². The Hall–Kier alpha value is -2.95. The first-order valence-corrected chi connectivity index (χ1v) is 4.61. The van der Waals surface area contributed by atoms with E-state index in [4.69, 9.17) is 10.7 Å². The first kappa shape index (κ1) is 9.29. The number of aromatic nitrogens is 6. The lowest BCUT2D eigenvalue weighted by Crippen LogP contribution is -1.99. The van der Waals surface area contributed by atoms with Crippen molar-refractivity contribution in [3.63, 3.8) is 0 Å². The van der Waals surface area contributed by atoms with E-state index in [1.54, 1.807) is 0 Å². The summed E-state index contributed by atoms with van der Waals surface area (Å²) in [6.45, 7) is 0. The first-order chi connectivity index (χ1) is 8.28. The van der Waals surface area contributed by atoms with E-state index in [1.807, 2.05) is 6.07 Å². The van der Waals surface area contributed by atoms with E-state index in [1.165, 1.54) is 12.5 Å². The van der Waals surface area contributed by atoms with Crippen molar-refractivity contribution in [2.24, 2.45) is 0 Å². The molecule has 0 saturated carbocycles. The van der Waals surface area contributed by atoms with Gasteiger partial charge in [-0.2, -0.15) is 10.2 Å². The van der Waals surface area contributed by atoms with Gasteiger partial charge in [0.25, 0.3) is 0 Å². The maximum Gasteiger partial charge on any atom is 0.244 e. The molecule has 2 N–H and O–H groups in total. The number of nitrogens with one attached hydrogen (secondary N) is 2. The van der Waals surface area contributed by atoms with E-state index in [0.29, 0.717) is 11.3 Å². The van der Waals surface area contributed by atoms with E-state index >= 15 is 0 Å². The molecular weight excluding hydrogens is 220 g/mol. The smallest absolute Gasteiger partial charge is 0.244 e. The number of aromatic amines is 1. The van der Waals surface area contributed by atoms with Crippen LogP contribution in [0, 0.1) is 16.7 Å². The molecule has 17 heavy (non-hydrogen) atoms. The second kappa shape index (κ2) is 3.28. The molecule has 0 saturated heterocycles. The Balaban J connectivity index is 2.54. The molecule has 1 aromatic heterocycles. The molecule has 0 unspecified atom stereocenters. The molecule has 0 spiro atoms. The molecule has 3 rings (SSSR count). The average molecular weight is 224 g/mol. The molecule has 0 bridgehead atoms. The Labute approximate surface area is 93.9 Å². The number of imidazole rings is 2. The molecule has 2 aliphatic rings. The molecule has 8 heteroatoms. The normalized spacial score (nSPS) is 10.5. The van der Waals surface area contributed by atoms with Crippen molar-refractivity contribution in [2.75, 3.05) is 0 Å². The molecule has 2 aliphatic heterocycles. The molecule has 8 nitrogen and oxygen atoms in total. The first-order valence-electron chi connectivity index (χ1n) is 4.61. The number of H-pyrrole nitrogens is 1. The topological polar surface area (TPSA) is 128 Å². The van der Waals surface area contributed by atoms with Gasteiger partial charge < -0.3 is 4.98 Å². The Kier molecular flexibility index (Phi) is 1.79. The summed E-state index contributed by atoms with van der Waals surface area (Å²) in [4.78, 5) is 22.6.